The number of halogens is 1. The maximum Gasteiger partial charge on any atom is 0.263 e. The summed E-state index contributed by atoms with van der Waals surface area (Å²) in [4.78, 5) is 13.6. The van der Waals surface area contributed by atoms with Crippen LogP contribution in [-0.4, -0.2) is 5.91 Å². The first-order chi connectivity index (χ1) is 9.72. The SMILES string of the molecule is O=C1Nc2ccccc2S/C1=C\Nc1cccc(Cl)c1. The molecule has 0 aliphatic carbocycles. The van der Waals surface area contributed by atoms with Crippen molar-refractivity contribution in [2.45, 2.75) is 4.90 Å². The van der Waals surface area contributed by atoms with Crippen molar-refractivity contribution in [1.82, 2.24) is 0 Å². The predicted molar refractivity (Wildman–Crippen MR) is 84.1 cm³/mol. The first-order valence-corrected chi connectivity index (χ1v) is 7.22. The second-order valence-electron chi connectivity index (χ2n) is 4.22. The third kappa shape index (κ3) is 2.81. The first kappa shape index (κ1) is 13.1. The lowest BCUT2D eigenvalue weighted by Crippen LogP contribution is -2.17. The number of amides is 1. The molecule has 0 bridgehead atoms. The fourth-order valence-electron chi connectivity index (χ4n) is 1.83. The quantitative estimate of drug-likeness (QED) is 0.811. The molecular formula is C15H11ClN2OS. The molecule has 1 heterocycles. The normalized spacial score (nSPS) is 15.7. The average molecular weight is 303 g/mol. The smallest absolute Gasteiger partial charge is 0.263 e. The molecule has 0 unspecified atom stereocenters. The molecule has 5 heteroatoms. The van der Waals surface area contributed by atoms with Crippen molar-refractivity contribution < 1.29 is 4.79 Å². The van der Waals surface area contributed by atoms with Crippen LogP contribution >= 0.6 is 23.4 Å². The molecule has 2 aromatic rings. The predicted octanol–water partition coefficient (Wildman–Crippen LogP) is 4.34. The van der Waals surface area contributed by atoms with Gasteiger partial charge in [0.25, 0.3) is 5.91 Å². The lowest BCUT2D eigenvalue weighted by Gasteiger charge is -2.18. The molecule has 100 valence electrons. The minimum Gasteiger partial charge on any atom is -0.360 e. The summed E-state index contributed by atoms with van der Waals surface area (Å²) in [5.74, 6) is -0.108. The van der Waals surface area contributed by atoms with Crippen molar-refractivity contribution in [1.29, 1.82) is 0 Å². The molecule has 2 aromatic carbocycles. The fourth-order valence-corrected chi connectivity index (χ4v) is 2.89. The van der Waals surface area contributed by atoms with Crippen LogP contribution in [-0.2, 0) is 4.79 Å². The van der Waals surface area contributed by atoms with Gasteiger partial charge < -0.3 is 10.6 Å². The van der Waals surface area contributed by atoms with E-state index in [9.17, 15) is 4.79 Å². The van der Waals surface area contributed by atoms with Crippen LogP contribution in [0.1, 0.15) is 0 Å². The summed E-state index contributed by atoms with van der Waals surface area (Å²) < 4.78 is 0. The number of hydrogen-bond acceptors (Lipinski definition) is 3. The van der Waals surface area contributed by atoms with E-state index in [2.05, 4.69) is 10.6 Å². The number of para-hydroxylation sites is 1. The Morgan fingerprint density at radius 3 is 2.85 bits per heavy atom. The molecule has 20 heavy (non-hydrogen) atoms. The molecule has 0 spiro atoms. The Labute approximate surface area is 126 Å². The molecule has 3 nitrogen and oxygen atoms in total. The topological polar surface area (TPSA) is 41.1 Å². The van der Waals surface area contributed by atoms with Crippen LogP contribution in [0.5, 0.6) is 0 Å². The number of benzene rings is 2. The van der Waals surface area contributed by atoms with Crippen LogP contribution in [0, 0.1) is 0 Å². The Balaban J connectivity index is 1.81. The van der Waals surface area contributed by atoms with Gasteiger partial charge >= 0.3 is 0 Å². The number of thioether (sulfide) groups is 1. The van der Waals surface area contributed by atoms with Gasteiger partial charge in [-0.2, -0.15) is 0 Å². The lowest BCUT2D eigenvalue weighted by molar-refractivity contribution is -0.112. The number of fused-ring (bicyclic) bond motifs is 1. The Hall–Kier alpha value is -1.91. The molecular weight excluding hydrogens is 292 g/mol. The number of carbonyl (C=O) groups excluding carboxylic acids is 1. The van der Waals surface area contributed by atoms with Gasteiger partial charge in [-0.25, -0.2) is 0 Å². The summed E-state index contributed by atoms with van der Waals surface area (Å²) >= 11 is 7.36. The van der Waals surface area contributed by atoms with Crippen LogP contribution in [0.3, 0.4) is 0 Å². The van der Waals surface area contributed by atoms with E-state index in [4.69, 9.17) is 11.6 Å². The van der Waals surface area contributed by atoms with Gasteiger partial charge in [-0.15, -0.1) is 0 Å². The van der Waals surface area contributed by atoms with Crippen LogP contribution in [0.4, 0.5) is 11.4 Å². The maximum absolute atomic E-state index is 12.0. The standard InChI is InChI=1S/C15H11ClN2OS/c16-10-4-3-5-11(8-10)17-9-14-15(19)18-12-6-1-2-7-13(12)20-14/h1-9,17H,(H,18,19)/b14-9-. The number of carbonyl (C=O) groups is 1. The largest absolute Gasteiger partial charge is 0.360 e. The van der Waals surface area contributed by atoms with Gasteiger partial charge in [0.2, 0.25) is 0 Å². The number of rotatable bonds is 2. The highest BCUT2D eigenvalue weighted by Crippen LogP contribution is 2.37. The Morgan fingerprint density at radius 1 is 1.15 bits per heavy atom. The molecule has 0 saturated carbocycles. The van der Waals surface area contributed by atoms with Gasteiger partial charge in [0.15, 0.2) is 0 Å². The van der Waals surface area contributed by atoms with Gasteiger partial charge in [0.05, 0.1) is 10.6 Å². The van der Waals surface area contributed by atoms with Crippen LogP contribution in [0.25, 0.3) is 0 Å². The first-order valence-electron chi connectivity index (χ1n) is 6.03. The highest BCUT2D eigenvalue weighted by Gasteiger charge is 2.20. The van der Waals surface area contributed by atoms with Gasteiger partial charge in [-0.1, -0.05) is 41.6 Å². The highest BCUT2D eigenvalue weighted by atomic mass is 35.5. The Morgan fingerprint density at radius 2 is 2.00 bits per heavy atom. The van der Waals surface area contributed by atoms with Crippen LogP contribution in [0.2, 0.25) is 5.02 Å². The van der Waals surface area contributed by atoms with Gasteiger partial charge in [-0.3, -0.25) is 4.79 Å². The number of anilines is 2. The summed E-state index contributed by atoms with van der Waals surface area (Å²) in [6.07, 6.45) is 1.70. The lowest BCUT2D eigenvalue weighted by atomic mass is 10.3. The summed E-state index contributed by atoms with van der Waals surface area (Å²) in [5, 5.41) is 6.60. The summed E-state index contributed by atoms with van der Waals surface area (Å²) in [5.41, 5.74) is 1.69. The van der Waals surface area contributed by atoms with E-state index in [-0.39, 0.29) is 5.91 Å². The van der Waals surface area contributed by atoms with Crippen molar-refractivity contribution in [3.63, 3.8) is 0 Å². The van der Waals surface area contributed by atoms with Gasteiger partial charge in [0, 0.05) is 21.8 Å². The number of hydrogen-bond donors (Lipinski definition) is 2. The van der Waals surface area contributed by atoms with E-state index >= 15 is 0 Å². The second-order valence-corrected chi connectivity index (χ2v) is 5.74. The molecule has 1 aliphatic heterocycles. The Kier molecular flexibility index (Phi) is 3.67. The average Bonchev–Trinajstić information content (AvgIpc) is 2.45. The Bertz CT molecular complexity index is 700. The molecule has 3 rings (SSSR count). The molecule has 1 aliphatic rings. The fraction of sp³-hybridized carbons (Fsp3) is 0. The van der Waals surface area contributed by atoms with E-state index in [0.29, 0.717) is 9.93 Å². The monoisotopic (exact) mass is 302 g/mol. The zero-order valence-corrected chi connectivity index (χ0v) is 12.0. The molecule has 0 fully saturated rings. The zero-order chi connectivity index (χ0) is 13.9. The maximum atomic E-state index is 12.0. The van der Waals surface area contributed by atoms with Gasteiger partial charge in [-0.05, 0) is 30.3 Å². The highest BCUT2D eigenvalue weighted by molar-refractivity contribution is 8.04. The number of nitrogens with one attached hydrogen (secondary N) is 2. The second kappa shape index (κ2) is 5.61. The molecule has 2 N–H and O–H groups in total. The zero-order valence-electron chi connectivity index (χ0n) is 10.4. The van der Waals surface area contributed by atoms with E-state index in [0.717, 1.165) is 16.3 Å². The van der Waals surface area contributed by atoms with E-state index in [1.54, 1.807) is 18.3 Å². The van der Waals surface area contributed by atoms with Crippen molar-refractivity contribution >= 4 is 40.6 Å². The molecule has 0 atom stereocenters. The van der Waals surface area contributed by atoms with Crippen molar-refractivity contribution in [3.8, 4) is 0 Å². The van der Waals surface area contributed by atoms with Crippen molar-refractivity contribution in [3.05, 3.63) is 64.7 Å². The van der Waals surface area contributed by atoms with Crippen molar-refractivity contribution in [2.75, 3.05) is 10.6 Å². The van der Waals surface area contributed by atoms with Gasteiger partial charge in [0.1, 0.15) is 0 Å². The van der Waals surface area contributed by atoms with Crippen LogP contribution < -0.4 is 10.6 Å². The van der Waals surface area contributed by atoms with E-state index in [1.807, 2.05) is 36.4 Å². The summed E-state index contributed by atoms with van der Waals surface area (Å²) in [7, 11) is 0. The summed E-state index contributed by atoms with van der Waals surface area (Å²) in [6, 6.07) is 15.1. The summed E-state index contributed by atoms with van der Waals surface area (Å²) in [6.45, 7) is 0. The third-order valence-electron chi connectivity index (χ3n) is 2.77. The van der Waals surface area contributed by atoms with Crippen molar-refractivity contribution in [2.24, 2.45) is 0 Å². The molecule has 0 aromatic heterocycles. The van der Waals surface area contributed by atoms with E-state index < -0.39 is 0 Å². The van der Waals surface area contributed by atoms with Crippen LogP contribution in [0.15, 0.2) is 64.5 Å². The minimum atomic E-state index is -0.108. The third-order valence-corrected chi connectivity index (χ3v) is 4.11. The molecule has 0 saturated heterocycles. The van der Waals surface area contributed by atoms with E-state index in [1.165, 1.54) is 11.8 Å². The molecule has 1 amide bonds. The minimum absolute atomic E-state index is 0.108. The molecule has 0 radical (unpaired) electrons.